The van der Waals surface area contributed by atoms with Gasteiger partial charge in [-0.25, -0.2) is 9.78 Å². The zero-order chi connectivity index (χ0) is 26.8. The summed E-state index contributed by atoms with van der Waals surface area (Å²) in [5, 5.41) is 10.2. The number of hydrogen-bond acceptors (Lipinski definition) is 4. The maximum atomic E-state index is 11.6. The van der Waals surface area contributed by atoms with E-state index in [0.717, 1.165) is 52.3 Å². The molecule has 0 unspecified atom stereocenters. The molecule has 1 fully saturated rings. The van der Waals surface area contributed by atoms with Crippen LogP contribution in [-0.4, -0.2) is 25.6 Å². The summed E-state index contributed by atoms with van der Waals surface area (Å²) >= 11 is 6.06. The Morgan fingerprint density at radius 2 is 1.69 bits per heavy atom. The van der Waals surface area contributed by atoms with Crippen molar-refractivity contribution in [2.24, 2.45) is 0 Å². The van der Waals surface area contributed by atoms with Crippen molar-refractivity contribution >= 4 is 28.6 Å². The van der Waals surface area contributed by atoms with Crippen LogP contribution in [0.15, 0.2) is 85.1 Å². The molecule has 2 heterocycles. The van der Waals surface area contributed by atoms with Crippen LogP contribution in [0.25, 0.3) is 33.7 Å². The number of fused-ring (bicyclic) bond motifs is 1. The van der Waals surface area contributed by atoms with Crippen molar-refractivity contribution in [2.45, 2.75) is 44.8 Å². The van der Waals surface area contributed by atoms with E-state index in [1.165, 1.54) is 19.3 Å². The van der Waals surface area contributed by atoms with Gasteiger partial charge in [0, 0.05) is 34.0 Å². The van der Waals surface area contributed by atoms with E-state index in [9.17, 15) is 9.90 Å². The summed E-state index contributed by atoms with van der Waals surface area (Å²) in [7, 11) is 0. The first kappa shape index (κ1) is 25.1. The quantitative estimate of drug-likeness (QED) is 0.226. The number of benzene rings is 3. The average molecular weight is 538 g/mol. The fourth-order valence-electron chi connectivity index (χ4n) is 5.43. The highest BCUT2D eigenvalue weighted by Crippen LogP contribution is 2.36. The number of ether oxygens (including phenoxy) is 1. The van der Waals surface area contributed by atoms with Crippen molar-refractivity contribution in [3.05, 3.63) is 101 Å². The molecular weight excluding hydrogens is 510 g/mol. The van der Waals surface area contributed by atoms with E-state index in [1.54, 1.807) is 18.3 Å². The summed E-state index contributed by atoms with van der Waals surface area (Å²) in [6, 6.07) is 25.1. The van der Waals surface area contributed by atoms with E-state index in [4.69, 9.17) is 21.3 Å². The maximum absolute atomic E-state index is 11.6. The van der Waals surface area contributed by atoms with Gasteiger partial charge in [0.2, 0.25) is 0 Å². The molecule has 0 spiro atoms. The second-order valence-electron chi connectivity index (χ2n) is 9.94. The number of rotatable bonds is 7. The van der Waals surface area contributed by atoms with Crippen LogP contribution in [0.1, 0.15) is 54.1 Å². The van der Waals surface area contributed by atoms with Crippen LogP contribution >= 0.6 is 11.6 Å². The van der Waals surface area contributed by atoms with Crippen molar-refractivity contribution in [2.75, 3.05) is 0 Å². The van der Waals surface area contributed by atoms with E-state index in [1.807, 2.05) is 66.7 Å². The third kappa shape index (κ3) is 5.25. The van der Waals surface area contributed by atoms with Crippen LogP contribution in [0.4, 0.5) is 0 Å². The molecule has 6 nitrogen and oxygen atoms in total. The van der Waals surface area contributed by atoms with Gasteiger partial charge in [0.05, 0.1) is 22.3 Å². The Morgan fingerprint density at radius 3 is 2.44 bits per heavy atom. The first-order valence-corrected chi connectivity index (χ1v) is 13.6. The van der Waals surface area contributed by atoms with Crippen molar-refractivity contribution < 1.29 is 14.6 Å². The Bertz CT molecular complexity index is 1620. The summed E-state index contributed by atoms with van der Waals surface area (Å²) in [4.78, 5) is 21.0. The molecule has 1 saturated carbocycles. The highest BCUT2D eigenvalue weighted by atomic mass is 35.5. The van der Waals surface area contributed by atoms with E-state index in [2.05, 4.69) is 9.55 Å². The van der Waals surface area contributed by atoms with Crippen molar-refractivity contribution in [1.82, 2.24) is 14.5 Å². The molecule has 0 saturated heterocycles. The number of carboxylic acid groups (broad SMARTS) is 1. The minimum atomic E-state index is -0.944. The fraction of sp³-hybridized carbons (Fsp3) is 0.219. The molecule has 0 aliphatic heterocycles. The number of halogens is 1. The highest BCUT2D eigenvalue weighted by Gasteiger charge is 2.23. The summed E-state index contributed by atoms with van der Waals surface area (Å²) in [6.45, 7) is 0.379. The Morgan fingerprint density at radius 1 is 0.949 bits per heavy atom. The minimum Gasteiger partial charge on any atom is -0.489 e. The number of pyridine rings is 1. The second kappa shape index (κ2) is 10.9. The standard InChI is InChI=1S/C32H28ClN3O3/c33-25-13-8-21(9-14-25)30-24(5-4-18-34-30)20-39-27-15-10-22(11-16-27)31-35-28-19-23(32(37)38)12-17-29(28)36(31)26-6-2-1-3-7-26/h4-5,8-19,26H,1-3,6-7,20H2,(H,37,38). The number of aromatic nitrogens is 3. The number of imidazole rings is 1. The Labute approximate surface area is 231 Å². The number of aromatic carboxylic acids is 1. The topological polar surface area (TPSA) is 77.2 Å². The first-order valence-electron chi connectivity index (χ1n) is 13.3. The molecule has 2 aromatic heterocycles. The van der Waals surface area contributed by atoms with Crippen molar-refractivity contribution in [1.29, 1.82) is 0 Å². The molecule has 1 aliphatic rings. The molecule has 1 aliphatic carbocycles. The lowest BCUT2D eigenvalue weighted by molar-refractivity contribution is 0.0697. The number of carboxylic acids is 1. The molecule has 39 heavy (non-hydrogen) atoms. The van der Waals surface area contributed by atoms with Crippen LogP contribution in [0, 0.1) is 0 Å². The predicted molar refractivity (Wildman–Crippen MR) is 153 cm³/mol. The summed E-state index contributed by atoms with van der Waals surface area (Å²) in [6.07, 6.45) is 7.61. The lowest BCUT2D eigenvalue weighted by Gasteiger charge is -2.25. The highest BCUT2D eigenvalue weighted by molar-refractivity contribution is 6.30. The largest absolute Gasteiger partial charge is 0.489 e. The van der Waals surface area contributed by atoms with Gasteiger partial charge in [0.1, 0.15) is 18.2 Å². The average Bonchev–Trinajstić information content (AvgIpc) is 3.36. The van der Waals surface area contributed by atoms with Crippen LogP contribution in [0.2, 0.25) is 5.02 Å². The maximum Gasteiger partial charge on any atom is 0.335 e. The number of hydrogen-bond donors (Lipinski definition) is 1. The first-order chi connectivity index (χ1) is 19.1. The molecule has 6 rings (SSSR count). The molecule has 0 amide bonds. The van der Waals surface area contributed by atoms with Crippen LogP contribution in [-0.2, 0) is 6.61 Å². The zero-order valence-electron chi connectivity index (χ0n) is 21.4. The van der Waals surface area contributed by atoms with E-state index in [-0.39, 0.29) is 5.56 Å². The normalized spacial score (nSPS) is 14.0. The van der Waals surface area contributed by atoms with E-state index >= 15 is 0 Å². The number of carbonyl (C=O) groups is 1. The molecular formula is C32H28ClN3O3. The van der Waals surface area contributed by atoms with Crippen LogP contribution in [0.5, 0.6) is 5.75 Å². The van der Waals surface area contributed by atoms with Gasteiger partial charge in [-0.15, -0.1) is 0 Å². The molecule has 7 heteroatoms. The minimum absolute atomic E-state index is 0.250. The Balaban J connectivity index is 1.27. The SMILES string of the molecule is O=C(O)c1ccc2c(c1)nc(-c1ccc(OCc3cccnc3-c3ccc(Cl)cc3)cc1)n2C1CCCCC1. The van der Waals surface area contributed by atoms with Crippen LogP contribution < -0.4 is 4.74 Å². The molecule has 0 radical (unpaired) electrons. The smallest absolute Gasteiger partial charge is 0.335 e. The summed E-state index contributed by atoms with van der Waals surface area (Å²) in [5.74, 6) is 0.668. The lowest BCUT2D eigenvalue weighted by atomic mass is 9.95. The van der Waals surface area contributed by atoms with Gasteiger partial charge in [-0.1, -0.05) is 49.1 Å². The van der Waals surface area contributed by atoms with Crippen molar-refractivity contribution in [3.8, 4) is 28.4 Å². The predicted octanol–water partition coefficient (Wildman–Crippen LogP) is 8.20. The molecule has 5 aromatic rings. The molecule has 1 N–H and O–H groups in total. The van der Waals surface area contributed by atoms with Gasteiger partial charge >= 0.3 is 5.97 Å². The van der Waals surface area contributed by atoms with Gasteiger partial charge in [-0.2, -0.15) is 0 Å². The molecule has 0 atom stereocenters. The number of nitrogens with zero attached hydrogens (tertiary/aromatic N) is 3. The van der Waals surface area contributed by atoms with Gasteiger partial charge in [-0.05, 0) is 73.5 Å². The van der Waals surface area contributed by atoms with Crippen LogP contribution in [0.3, 0.4) is 0 Å². The third-order valence-electron chi connectivity index (χ3n) is 7.39. The molecule has 0 bridgehead atoms. The van der Waals surface area contributed by atoms with Crippen molar-refractivity contribution in [3.63, 3.8) is 0 Å². The van der Waals surface area contributed by atoms with Gasteiger partial charge in [-0.3, -0.25) is 4.98 Å². The fourth-order valence-corrected chi connectivity index (χ4v) is 5.55. The second-order valence-corrected chi connectivity index (χ2v) is 10.4. The van der Waals surface area contributed by atoms with E-state index in [0.29, 0.717) is 23.2 Å². The Kier molecular flexibility index (Phi) is 7.03. The van der Waals surface area contributed by atoms with E-state index < -0.39 is 5.97 Å². The van der Waals surface area contributed by atoms with Gasteiger partial charge in [0.15, 0.2) is 0 Å². The molecule has 196 valence electrons. The monoisotopic (exact) mass is 537 g/mol. The third-order valence-corrected chi connectivity index (χ3v) is 7.64. The zero-order valence-corrected chi connectivity index (χ0v) is 22.1. The van der Waals surface area contributed by atoms with Gasteiger partial charge in [0.25, 0.3) is 0 Å². The molecule has 3 aromatic carbocycles. The lowest BCUT2D eigenvalue weighted by Crippen LogP contribution is -2.14. The Hall–Kier alpha value is -4.16. The summed E-state index contributed by atoms with van der Waals surface area (Å²) < 4.78 is 8.47. The summed E-state index contributed by atoms with van der Waals surface area (Å²) in [5.41, 5.74) is 5.76. The van der Waals surface area contributed by atoms with Gasteiger partial charge < -0.3 is 14.4 Å².